The molecule has 5 nitrogen and oxygen atoms in total. The molecular formula is C16H26N4O. The highest BCUT2D eigenvalue weighted by Gasteiger charge is 2.31. The summed E-state index contributed by atoms with van der Waals surface area (Å²) in [6.07, 6.45) is 7.55. The molecule has 2 fully saturated rings. The van der Waals surface area contributed by atoms with Crippen molar-refractivity contribution in [3.05, 3.63) is 17.5 Å². The third-order valence-electron chi connectivity index (χ3n) is 4.96. The largest absolute Gasteiger partial charge is 0.339 e. The van der Waals surface area contributed by atoms with Gasteiger partial charge in [-0.25, -0.2) is 0 Å². The maximum atomic E-state index is 12.7. The molecule has 1 N–H and O–H groups in total. The minimum Gasteiger partial charge on any atom is -0.339 e. The molecular weight excluding hydrogens is 264 g/mol. The Kier molecular flexibility index (Phi) is 4.29. The van der Waals surface area contributed by atoms with Crippen LogP contribution in [0.1, 0.15) is 48.7 Å². The van der Waals surface area contributed by atoms with Crippen molar-refractivity contribution in [3.8, 4) is 0 Å². The van der Waals surface area contributed by atoms with E-state index in [2.05, 4.69) is 17.3 Å². The molecule has 3 heterocycles. The minimum atomic E-state index is 0.165. The normalized spacial score (nSPS) is 23.7. The molecule has 2 aliphatic heterocycles. The number of carbonyl (C=O) groups is 1. The number of rotatable bonds is 3. The molecule has 1 atom stereocenters. The number of amides is 1. The van der Waals surface area contributed by atoms with Crippen molar-refractivity contribution in [2.24, 2.45) is 13.0 Å². The second kappa shape index (κ2) is 6.18. The van der Waals surface area contributed by atoms with Gasteiger partial charge in [0.1, 0.15) is 0 Å². The summed E-state index contributed by atoms with van der Waals surface area (Å²) in [7, 11) is 1.88. The van der Waals surface area contributed by atoms with Crippen molar-refractivity contribution in [2.45, 2.75) is 45.1 Å². The Balaban J connectivity index is 1.62. The van der Waals surface area contributed by atoms with Crippen molar-refractivity contribution in [1.29, 1.82) is 0 Å². The number of aryl methyl sites for hydroxylation is 2. The van der Waals surface area contributed by atoms with E-state index in [1.54, 1.807) is 4.68 Å². The van der Waals surface area contributed by atoms with E-state index in [4.69, 9.17) is 0 Å². The molecule has 0 bridgehead atoms. The summed E-state index contributed by atoms with van der Waals surface area (Å²) in [5.74, 6) is 0.911. The van der Waals surface area contributed by atoms with E-state index in [-0.39, 0.29) is 5.91 Å². The van der Waals surface area contributed by atoms with Crippen LogP contribution < -0.4 is 5.32 Å². The smallest absolute Gasteiger partial charge is 0.257 e. The van der Waals surface area contributed by atoms with E-state index >= 15 is 0 Å². The minimum absolute atomic E-state index is 0.165. The molecule has 0 spiro atoms. The summed E-state index contributed by atoms with van der Waals surface area (Å²) in [5, 5.41) is 7.99. The summed E-state index contributed by atoms with van der Waals surface area (Å²) in [4.78, 5) is 14.7. The molecule has 0 saturated carbocycles. The lowest BCUT2D eigenvalue weighted by Gasteiger charge is -2.34. The van der Waals surface area contributed by atoms with Crippen LogP contribution in [0.15, 0.2) is 6.20 Å². The number of hydrogen-bond acceptors (Lipinski definition) is 3. The number of nitrogens with zero attached hydrogens (tertiary/aromatic N) is 3. The summed E-state index contributed by atoms with van der Waals surface area (Å²) in [6, 6.07) is 0.687. The molecule has 21 heavy (non-hydrogen) atoms. The molecule has 2 saturated heterocycles. The molecule has 3 rings (SSSR count). The molecule has 1 amide bonds. The predicted octanol–water partition coefficient (Wildman–Crippen LogP) is 1.59. The second-order valence-corrected chi connectivity index (χ2v) is 6.35. The van der Waals surface area contributed by atoms with E-state index in [1.165, 1.54) is 19.4 Å². The molecule has 5 heteroatoms. The van der Waals surface area contributed by atoms with Gasteiger partial charge in [0.15, 0.2) is 0 Å². The Bertz CT molecular complexity index is 496. The van der Waals surface area contributed by atoms with Gasteiger partial charge in [0, 0.05) is 32.4 Å². The standard InChI is InChI=1S/C16H26N4O/c1-3-14-13(11-19(2)18-14)16(21)20-9-6-12(7-10-20)15-5-4-8-17-15/h11-12,15,17H,3-10H2,1-2H3. The fourth-order valence-corrected chi connectivity index (χ4v) is 3.76. The first-order chi connectivity index (χ1) is 10.2. The quantitative estimate of drug-likeness (QED) is 0.919. The van der Waals surface area contributed by atoms with Crippen LogP contribution in [0.3, 0.4) is 0 Å². The van der Waals surface area contributed by atoms with E-state index < -0.39 is 0 Å². The Hall–Kier alpha value is -1.36. The van der Waals surface area contributed by atoms with Crippen molar-refractivity contribution >= 4 is 5.91 Å². The molecule has 0 aliphatic carbocycles. The summed E-state index contributed by atoms with van der Waals surface area (Å²) >= 11 is 0. The van der Waals surface area contributed by atoms with Crippen LogP contribution in [-0.2, 0) is 13.5 Å². The van der Waals surface area contributed by atoms with Crippen LogP contribution in [0.25, 0.3) is 0 Å². The summed E-state index contributed by atoms with van der Waals surface area (Å²) < 4.78 is 1.75. The topological polar surface area (TPSA) is 50.2 Å². The molecule has 1 aromatic heterocycles. The predicted molar refractivity (Wildman–Crippen MR) is 82.2 cm³/mol. The SMILES string of the molecule is CCc1nn(C)cc1C(=O)N1CCC(C2CCCN2)CC1. The van der Waals surface area contributed by atoms with Gasteiger partial charge in [-0.3, -0.25) is 9.48 Å². The number of carbonyl (C=O) groups excluding carboxylic acids is 1. The molecule has 116 valence electrons. The van der Waals surface area contributed by atoms with E-state index in [0.29, 0.717) is 6.04 Å². The highest BCUT2D eigenvalue weighted by molar-refractivity contribution is 5.95. The van der Waals surface area contributed by atoms with Crippen molar-refractivity contribution in [1.82, 2.24) is 20.0 Å². The second-order valence-electron chi connectivity index (χ2n) is 6.35. The Morgan fingerprint density at radius 3 is 2.76 bits per heavy atom. The zero-order valence-corrected chi connectivity index (χ0v) is 13.1. The van der Waals surface area contributed by atoms with Crippen LogP contribution in [0, 0.1) is 5.92 Å². The fourth-order valence-electron chi connectivity index (χ4n) is 3.76. The average Bonchev–Trinajstić information content (AvgIpc) is 3.16. The van der Waals surface area contributed by atoms with Gasteiger partial charge in [-0.2, -0.15) is 5.10 Å². The van der Waals surface area contributed by atoms with Crippen molar-refractivity contribution in [3.63, 3.8) is 0 Å². The van der Waals surface area contributed by atoms with Crippen molar-refractivity contribution < 1.29 is 4.79 Å². The van der Waals surface area contributed by atoms with Gasteiger partial charge in [0.2, 0.25) is 0 Å². The highest BCUT2D eigenvalue weighted by atomic mass is 16.2. The maximum Gasteiger partial charge on any atom is 0.257 e. The monoisotopic (exact) mass is 290 g/mol. The van der Waals surface area contributed by atoms with Crippen LogP contribution >= 0.6 is 0 Å². The molecule has 0 aromatic carbocycles. The highest BCUT2D eigenvalue weighted by Crippen LogP contribution is 2.26. The van der Waals surface area contributed by atoms with E-state index in [9.17, 15) is 4.79 Å². The molecule has 2 aliphatic rings. The summed E-state index contributed by atoms with van der Waals surface area (Å²) in [5.41, 5.74) is 1.71. The lowest BCUT2D eigenvalue weighted by Crippen LogP contribution is -2.43. The summed E-state index contributed by atoms with van der Waals surface area (Å²) in [6.45, 7) is 5.00. The molecule has 1 unspecified atom stereocenters. The molecule has 1 aromatic rings. The first kappa shape index (κ1) is 14.6. The Morgan fingerprint density at radius 1 is 1.38 bits per heavy atom. The van der Waals surface area contributed by atoms with Gasteiger partial charge in [0.05, 0.1) is 11.3 Å². The maximum absolute atomic E-state index is 12.7. The van der Waals surface area contributed by atoms with E-state index in [0.717, 1.165) is 49.5 Å². The van der Waals surface area contributed by atoms with E-state index in [1.807, 2.05) is 18.1 Å². The molecule has 0 radical (unpaired) electrons. The number of likely N-dealkylation sites (tertiary alicyclic amines) is 1. The van der Waals surface area contributed by atoms with Gasteiger partial charge in [0.25, 0.3) is 5.91 Å². The van der Waals surface area contributed by atoms with Crippen LogP contribution in [-0.4, -0.2) is 46.3 Å². The van der Waals surface area contributed by atoms with Crippen LogP contribution in [0.4, 0.5) is 0 Å². The number of hydrogen-bond donors (Lipinski definition) is 1. The number of aromatic nitrogens is 2. The number of nitrogens with one attached hydrogen (secondary N) is 1. The third-order valence-corrected chi connectivity index (χ3v) is 4.96. The van der Waals surface area contributed by atoms with Gasteiger partial charge < -0.3 is 10.2 Å². The van der Waals surface area contributed by atoms with Crippen molar-refractivity contribution in [2.75, 3.05) is 19.6 Å². The van der Waals surface area contributed by atoms with Crippen LogP contribution in [0.5, 0.6) is 0 Å². The average molecular weight is 290 g/mol. The zero-order valence-electron chi connectivity index (χ0n) is 13.1. The van der Waals surface area contributed by atoms with Gasteiger partial charge in [-0.15, -0.1) is 0 Å². The Morgan fingerprint density at radius 2 is 2.14 bits per heavy atom. The lowest BCUT2D eigenvalue weighted by molar-refractivity contribution is 0.0673. The van der Waals surface area contributed by atoms with Gasteiger partial charge in [-0.05, 0) is 44.6 Å². The number of piperidine rings is 1. The fraction of sp³-hybridized carbons (Fsp3) is 0.750. The first-order valence-electron chi connectivity index (χ1n) is 8.24. The lowest BCUT2D eigenvalue weighted by atomic mass is 9.88. The zero-order chi connectivity index (χ0) is 14.8. The third kappa shape index (κ3) is 2.98. The van der Waals surface area contributed by atoms with Crippen LogP contribution in [0.2, 0.25) is 0 Å². The first-order valence-corrected chi connectivity index (χ1v) is 8.24. The Labute approximate surface area is 126 Å². The van der Waals surface area contributed by atoms with Gasteiger partial charge >= 0.3 is 0 Å². The van der Waals surface area contributed by atoms with Gasteiger partial charge in [-0.1, -0.05) is 6.92 Å².